The molecule has 2 aromatic heterocycles. The van der Waals surface area contributed by atoms with Crippen LogP contribution in [0, 0.1) is 0 Å². The van der Waals surface area contributed by atoms with Gasteiger partial charge in [0.05, 0.1) is 33.7 Å². The molecule has 0 aliphatic carbocycles. The van der Waals surface area contributed by atoms with Crippen LogP contribution in [0.5, 0.6) is 17.2 Å². The Morgan fingerprint density at radius 1 is 1.10 bits per heavy atom. The number of hydrogen-bond donors (Lipinski definition) is 1. The highest BCUT2D eigenvalue weighted by atomic mass is 32.2. The smallest absolute Gasteiger partial charge is 0.413 e. The fourth-order valence-electron chi connectivity index (χ4n) is 2.33. The molecule has 0 fully saturated rings. The molecule has 160 valence electrons. The van der Waals surface area contributed by atoms with Crippen LogP contribution in [0.15, 0.2) is 20.9 Å². The molecule has 3 aromatic rings. The molecular weight excluding hydrogens is 434 g/mol. The minimum Gasteiger partial charge on any atom is -0.493 e. The Morgan fingerprint density at radius 2 is 1.83 bits per heavy atom. The molecule has 0 saturated carbocycles. The summed E-state index contributed by atoms with van der Waals surface area (Å²) in [6.45, 7) is 2.00. The van der Waals surface area contributed by atoms with Crippen molar-refractivity contribution in [3.05, 3.63) is 18.0 Å². The summed E-state index contributed by atoms with van der Waals surface area (Å²) >= 11 is 2.57. The van der Waals surface area contributed by atoms with Gasteiger partial charge in [-0.1, -0.05) is 23.1 Å². The first-order chi connectivity index (χ1) is 14.6. The summed E-state index contributed by atoms with van der Waals surface area (Å²) < 4.78 is 27.2. The summed E-state index contributed by atoms with van der Waals surface area (Å²) in [4.78, 5) is 11.4. The van der Waals surface area contributed by atoms with Crippen LogP contribution in [0.3, 0.4) is 0 Å². The second-order valence-corrected chi connectivity index (χ2v) is 7.62. The van der Waals surface area contributed by atoms with Gasteiger partial charge in [-0.05, 0) is 19.1 Å². The van der Waals surface area contributed by atoms with Gasteiger partial charge in [0.25, 0.3) is 0 Å². The summed E-state index contributed by atoms with van der Waals surface area (Å²) in [6, 6.07) is 3.45. The first kappa shape index (κ1) is 21.6. The van der Waals surface area contributed by atoms with Crippen LogP contribution in [-0.2, 0) is 10.5 Å². The van der Waals surface area contributed by atoms with Crippen molar-refractivity contribution in [3.63, 3.8) is 0 Å². The van der Waals surface area contributed by atoms with E-state index in [0.29, 0.717) is 49.8 Å². The number of methoxy groups -OCH3 is 3. The average molecular weight is 454 g/mol. The molecule has 3 rings (SSSR count). The summed E-state index contributed by atoms with van der Waals surface area (Å²) in [5, 5.41) is 18.9. The third-order valence-electron chi connectivity index (χ3n) is 3.59. The zero-order valence-electron chi connectivity index (χ0n) is 16.6. The molecule has 1 N–H and O–H groups in total. The Morgan fingerprint density at radius 3 is 2.47 bits per heavy atom. The van der Waals surface area contributed by atoms with Gasteiger partial charge in [0, 0.05) is 5.56 Å². The lowest BCUT2D eigenvalue weighted by atomic mass is 10.2. The number of rotatable bonds is 9. The second-order valence-electron chi connectivity index (χ2n) is 5.42. The van der Waals surface area contributed by atoms with Crippen LogP contribution in [0.1, 0.15) is 12.8 Å². The van der Waals surface area contributed by atoms with Gasteiger partial charge < -0.3 is 23.4 Å². The first-order valence-corrected chi connectivity index (χ1v) is 10.4. The molecule has 11 nitrogen and oxygen atoms in total. The van der Waals surface area contributed by atoms with Crippen LogP contribution in [-0.4, -0.2) is 54.4 Å². The second kappa shape index (κ2) is 10.1. The van der Waals surface area contributed by atoms with E-state index in [2.05, 4.69) is 25.7 Å². The lowest BCUT2D eigenvalue weighted by molar-refractivity contribution is 0.168. The summed E-state index contributed by atoms with van der Waals surface area (Å²) in [5.41, 5.74) is 0.630. The Labute approximate surface area is 180 Å². The maximum Gasteiger partial charge on any atom is 0.413 e. The van der Waals surface area contributed by atoms with Crippen molar-refractivity contribution in [2.45, 2.75) is 17.0 Å². The lowest BCUT2D eigenvalue weighted by Gasteiger charge is -2.12. The van der Waals surface area contributed by atoms with Crippen LogP contribution in [0.25, 0.3) is 11.5 Å². The predicted molar refractivity (Wildman–Crippen MR) is 110 cm³/mol. The van der Waals surface area contributed by atoms with E-state index in [0.717, 1.165) is 0 Å². The van der Waals surface area contributed by atoms with Gasteiger partial charge in [0.2, 0.25) is 22.7 Å². The fourth-order valence-corrected chi connectivity index (χ4v) is 3.90. The lowest BCUT2D eigenvalue weighted by Crippen LogP contribution is -2.12. The molecule has 1 aromatic carbocycles. The maximum absolute atomic E-state index is 11.4. The predicted octanol–water partition coefficient (Wildman–Crippen LogP) is 3.47. The number of ether oxygens (including phenoxy) is 4. The number of amides is 1. The third kappa shape index (κ3) is 5.10. The standard InChI is InChI=1S/C17H19N5O6S2/c1-5-27-16(23)18-15-21-22-17(30-15)29-8-12-19-20-14(28-12)9-6-10(24-2)13(26-4)11(7-9)25-3/h6-7H,5,8H2,1-4H3,(H,18,21,23). The van der Waals surface area contributed by atoms with Crippen molar-refractivity contribution in [2.24, 2.45) is 0 Å². The van der Waals surface area contributed by atoms with Gasteiger partial charge in [-0.15, -0.1) is 20.4 Å². The van der Waals surface area contributed by atoms with Crippen molar-refractivity contribution in [3.8, 4) is 28.7 Å². The van der Waals surface area contributed by atoms with Crippen molar-refractivity contribution in [1.29, 1.82) is 0 Å². The number of anilines is 1. The van der Waals surface area contributed by atoms with Crippen molar-refractivity contribution in [2.75, 3.05) is 33.3 Å². The maximum atomic E-state index is 11.4. The van der Waals surface area contributed by atoms with E-state index in [1.807, 2.05) is 0 Å². The molecule has 13 heteroatoms. The fraction of sp³-hybridized carbons (Fsp3) is 0.353. The third-order valence-corrected chi connectivity index (χ3v) is 5.55. The molecule has 0 aliphatic heterocycles. The van der Waals surface area contributed by atoms with Gasteiger partial charge in [0.1, 0.15) is 0 Å². The highest BCUT2D eigenvalue weighted by Gasteiger charge is 2.18. The van der Waals surface area contributed by atoms with E-state index < -0.39 is 6.09 Å². The van der Waals surface area contributed by atoms with Crippen molar-refractivity contribution in [1.82, 2.24) is 20.4 Å². The summed E-state index contributed by atoms with van der Waals surface area (Å²) in [7, 11) is 4.59. The topological polar surface area (TPSA) is 131 Å². The first-order valence-electron chi connectivity index (χ1n) is 8.60. The molecule has 30 heavy (non-hydrogen) atoms. The van der Waals surface area contributed by atoms with Crippen molar-refractivity contribution < 1.29 is 28.2 Å². The number of thioether (sulfide) groups is 1. The molecule has 0 spiro atoms. The normalized spacial score (nSPS) is 10.5. The summed E-state index contributed by atoms with van der Waals surface area (Å²) in [5.74, 6) is 2.53. The minimum absolute atomic E-state index is 0.275. The number of nitrogens with zero attached hydrogens (tertiary/aromatic N) is 4. The van der Waals surface area contributed by atoms with Gasteiger partial charge in [-0.3, -0.25) is 5.32 Å². The number of hydrogen-bond acceptors (Lipinski definition) is 12. The van der Waals surface area contributed by atoms with Crippen LogP contribution < -0.4 is 19.5 Å². The SMILES string of the molecule is CCOC(=O)Nc1nnc(SCc2nnc(-c3cc(OC)c(OC)c(OC)c3)o2)s1. The zero-order valence-corrected chi connectivity index (χ0v) is 18.3. The molecule has 2 heterocycles. The monoisotopic (exact) mass is 453 g/mol. The number of aromatic nitrogens is 4. The molecule has 0 aliphatic rings. The van der Waals surface area contributed by atoms with Crippen LogP contribution in [0.4, 0.5) is 9.93 Å². The van der Waals surface area contributed by atoms with Gasteiger partial charge in [-0.25, -0.2) is 4.79 Å². The Balaban J connectivity index is 1.67. The molecule has 0 unspecified atom stereocenters. The minimum atomic E-state index is -0.572. The van der Waals surface area contributed by atoms with Gasteiger partial charge >= 0.3 is 6.09 Å². The quantitative estimate of drug-likeness (QED) is 0.377. The van der Waals surface area contributed by atoms with Gasteiger partial charge in [0.15, 0.2) is 15.8 Å². The van der Waals surface area contributed by atoms with E-state index in [4.69, 9.17) is 23.4 Å². The molecular formula is C17H19N5O6S2. The van der Waals surface area contributed by atoms with E-state index in [1.165, 1.54) is 44.4 Å². The van der Waals surface area contributed by atoms with Crippen LogP contribution >= 0.6 is 23.1 Å². The van der Waals surface area contributed by atoms with Crippen molar-refractivity contribution >= 4 is 34.3 Å². The van der Waals surface area contributed by atoms with E-state index in [1.54, 1.807) is 19.1 Å². The summed E-state index contributed by atoms with van der Waals surface area (Å²) in [6.07, 6.45) is -0.572. The Hall–Kier alpha value is -3.06. The Bertz CT molecular complexity index is 983. The molecule has 0 bridgehead atoms. The number of carbonyl (C=O) groups is 1. The number of nitrogens with one attached hydrogen (secondary N) is 1. The molecule has 0 radical (unpaired) electrons. The largest absolute Gasteiger partial charge is 0.493 e. The van der Waals surface area contributed by atoms with E-state index >= 15 is 0 Å². The highest BCUT2D eigenvalue weighted by Crippen LogP contribution is 2.41. The van der Waals surface area contributed by atoms with E-state index in [-0.39, 0.29) is 6.61 Å². The van der Waals surface area contributed by atoms with Crippen LogP contribution in [0.2, 0.25) is 0 Å². The molecule has 0 saturated heterocycles. The Kier molecular flexibility index (Phi) is 7.30. The molecule has 1 amide bonds. The zero-order chi connectivity index (χ0) is 21.5. The molecule has 0 atom stereocenters. The van der Waals surface area contributed by atoms with Gasteiger partial charge in [-0.2, -0.15) is 0 Å². The number of benzene rings is 1. The van der Waals surface area contributed by atoms with E-state index in [9.17, 15) is 4.79 Å². The highest BCUT2D eigenvalue weighted by molar-refractivity contribution is 8.00. The average Bonchev–Trinajstić information content (AvgIpc) is 3.40. The number of carbonyl (C=O) groups excluding carboxylic acids is 1.